The van der Waals surface area contributed by atoms with Gasteiger partial charge in [-0.2, -0.15) is 11.8 Å². The van der Waals surface area contributed by atoms with Gasteiger partial charge in [-0.15, -0.1) is 0 Å². The van der Waals surface area contributed by atoms with E-state index in [-0.39, 0.29) is 12.0 Å². The van der Waals surface area contributed by atoms with Gasteiger partial charge in [0.2, 0.25) is 0 Å². The Morgan fingerprint density at radius 3 is 2.37 bits per heavy atom. The minimum atomic E-state index is -0.848. The number of thioether (sulfide) groups is 1. The molecule has 2 fully saturated rings. The molecule has 43 heavy (non-hydrogen) atoms. The molecule has 0 amide bonds. The maximum absolute atomic E-state index is 13.9. The summed E-state index contributed by atoms with van der Waals surface area (Å²) >= 11 is 8.04. The smallest absolute Gasteiger partial charge is 0.337 e. The van der Waals surface area contributed by atoms with E-state index < -0.39 is 5.54 Å². The van der Waals surface area contributed by atoms with E-state index in [2.05, 4.69) is 72.7 Å². The number of carbonyl (C=O) groups excluding carboxylic acids is 1. The first kappa shape index (κ1) is 32.4. The van der Waals surface area contributed by atoms with Crippen molar-refractivity contribution in [3.63, 3.8) is 0 Å². The maximum Gasteiger partial charge on any atom is 0.337 e. The topological polar surface area (TPSA) is 45.1 Å². The van der Waals surface area contributed by atoms with Gasteiger partial charge in [0, 0.05) is 28.6 Å². The molecule has 2 aliphatic carbocycles. The van der Waals surface area contributed by atoms with Crippen molar-refractivity contribution in [2.45, 2.75) is 101 Å². The van der Waals surface area contributed by atoms with E-state index >= 15 is 0 Å². The average molecular weight is 624 g/mol. The minimum absolute atomic E-state index is 0.0559. The van der Waals surface area contributed by atoms with Crippen LogP contribution in [0.1, 0.15) is 88.3 Å². The summed E-state index contributed by atoms with van der Waals surface area (Å²) in [5.41, 5.74) is 1.78. The zero-order chi connectivity index (χ0) is 30.2. The van der Waals surface area contributed by atoms with Crippen molar-refractivity contribution in [2.75, 3.05) is 26.5 Å². The molecule has 1 heterocycles. The summed E-state index contributed by atoms with van der Waals surface area (Å²) in [5, 5.41) is 0.790. The van der Waals surface area contributed by atoms with Gasteiger partial charge in [0.05, 0.1) is 19.0 Å². The van der Waals surface area contributed by atoms with Gasteiger partial charge < -0.3 is 14.5 Å². The summed E-state index contributed by atoms with van der Waals surface area (Å²) in [6, 6.07) is 19.9. The van der Waals surface area contributed by atoms with Crippen molar-refractivity contribution < 1.29 is 9.53 Å². The average Bonchev–Trinajstić information content (AvgIpc) is 3.39. The van der Waals surface area contributed by atoms with Gasteiger partial charge in [-0.25, -0.2) is 4.79 Å². The molecule has 0 saturated heterocycles. The van der Waals surface area contributed by atoms with Gasteiger partial charge in [0.15, 0.2) is 5.54 Å². The Labute approximate surface area is 268 Å². The zero-order valence-corrected chi connectivity index (χ0v) is 27.9. The number of nitrogens with zero attached hydrogens (tertiary/aromatic N) is 3. The van der Waals surface area contributed by atoms with Gasteiger partial charge in [-0.3, -0.25) is 4.99 Å². The van der Waals surface area contributed by atoms with Crippen LogP contribution in [0.3, 0.4) is 0 Å². The SMILES string of the molecule is CCOC(=O)C1(CSCc2ccccc2)N=CN(C2CCCCC2)C1CC1CCC(C(c2ccc(Cl)cc2)N(C)C)CC1. The van der Waals surface area contributed by atoms with E-state index in [0.717, 1.165) is 17.2 Å². The lowest BCUT2D eigenvalue weighted by Crippen LogP contribution is -2.57. The quantitative estimate of drug-likeness (QED) is 0.222. The Morgan fingerprint density at radius 2 is 1.72 bits per heavy atom. The van der Waals surface area contributed by atoms with E-state index in [1.54, 1.807) is 0 Å². The van der Waals surface area contributed by atoms with Crippen molar-refractivity contribution >= 4 is 35.7 Å². The lowest BCUT2D eigenvalue weighted by atomic mass is 9.72. The first-order chi connectivity index (χ1) is 20.9. The molecule has 0 aromatic heterocycles. The predicted molar refractivity (Wildman–Crippen MR) is 181 cm³/mol. The predicted octanol–water partition coefficient (Wildman–Crippen LogP) is 8.42. The van der Waals surface area contributed by atoms with E-state index in [9.17, 15) is 4.79 Å². The van der Waals surface area contributed by atoms with Crippen LogP contribution in [0.2, 0.25) is 5.02 Å². The summed E-state index contributed by atoms with van der Waals surface area (Å²) in [6.45, 7) is 2.30. The third-order valence-corrected chi connectivity index (χ3v) is 11.5. The standard InChI is InChI=1S/C36H50ClN3O2S/c1-4-42-35(41)36(25-43-24-28-11-7-5-8-12-28)33(40(26-38-36)32-13-9-6-10-14-32)23-27-15-17-29(18-16-27)34(39(2)3)30-19-21-31(37)22-20-30/h5,7-8,11-12,19-22,26-27,29,32-34H,4,6,9-10,13-18,23-25H2,1-3H3. The highest BCUT2D eigenvalue weighted by atomic mass is 35.5. The number of carbonyl (C=O) groups is 1. The molecule has 3 atom stereocenters. The molecule has 2 aromatic rings. The molecule has 7 heteroatoms. The van der Waals surface area contributed by atoms with E-state index in [1.165, 1.54) is 68.9 Å². The fourth-order valence-electron chi connectivity index (χ4n) is 7.87. The minimum Gasteiger partial charge on any atom is -0.464 e. The van der Waals surface area contributed by atoms with E-state index in [0.29, 0.717) is 36.3 Å². The summed E-state index contributed by atoms with van der Waals surface area (Å²) in [4.78, 5) is 23.9. The largest absolute Gasteiger partial charge is 0.464 e. The van der Waals surface area contributed by atoms with Crippen LogP contribution in [0.5, 0.6) is 0 Å². The molecular formula is C36H50ClN3O2S. The lowest BCUT2D eigenvalue weighted by molar-refractivity contribution is -0.150. The molecule has 234 valence electrons. The van der Waals surface area contributed by atoms with Crippen LogP contribution in [0, 0.1) is 11.8 Å². The van der Waals surface area contributed by atoms with Gasteiger partial charge in [-0.05, 0) is 88.2 Å². The molecule has 5 rings (SSSR count). The molecule has 0 radical (unpaired) electrons. The molecule has 2 aromatic carbocycles. The second-order valence-electron chi connectivity index (χ2n) is 13.1. The molecular weight excluding hydrogens is 574 g/mol. The second-order valence-corrected chi connectivity index (χ2v) is 14.5. The molecule has 3 unspecified atom stereocenters. The zero-order valence-electron chi connectivity index (χ0n) is 26.3. The van der Waals surface area contributed by atoms with Gasteiger partial charge >= 0.3 is 5.97 Å². The van der Waals surface area contributed by atoms with Crippen molar-refractivity contribution in [3.8, 4) is 0 Å². The molecule has 2 saturated carbocycles. The fraction of sp³-hybridized carbons (Fsp3) is 0.611. The third kappa shape index (κ3) is 7.80. The molecule has 0 N–H and O–H groups in total. The van der Waals surface area contributed by atoms with Crippen molar-refractivity contribution in [1.82, 2.24) is 9.80 Å². The first-order valence-electron chi connectivity index (χ1n) is 16.4. The summed E-state index contributed by atoms with van der Waals surface area (Å²) < 4.78 is 5.81. The van der Waals surface area contributed by atoms with Gasteiger partial charge in [-0.1, -0.05) is 86.2 Å². The number of hydrogen-bond donors (Lipinski definition) is 0. The van der Waals surface area contributed by atoms with Crippen LogP contribution in [-0.4, -0.2) is 66.2 Å². The summed E-state index contributed by atoms with van der Waals surface area (Å²) in [6.07, 6.45) is 14.0. The number of halogens is 1. The van der Waals surface area contributed by atoms with E-state index in [1.807, 2.05) is 30.8 Å². The van der Waals surface area contributed by atoms with Crippen LogP contribution >= 0.6 is 23.4 Å². The van der Waals surface area contributed by atoms with Crippen molar-refractivity contribution in [1.29, 1.82) is 0 Å². The number of benzene rings is 2. The molecule has 3 aliphatic rings. The number of ether oxygens (including phenoxy) is 1. The fourth-order valence-corrected chi connectivity index (χ4v) is 9.22. The summed E-state index contributed by atoms with van der Waals surface area (Å²) in [7, 11) is 4.40. The van der Waals surface area contributed by atoms with Crippen LogP contribution in [0.25, 0.3) is 0 Å². The van der Waals surface area contributed by atoms with Crippen LogP contribution in [-0.2, 0) is 15.3 Å². The lowest BCUT2D eigenvalue weighted by Gasteiger charge is -2.43. The molecule has 1 aliphatic heterocycles. The Morgan fingerprint density at radius 1 is 1.02 bits per heavy atom. The highest BCUT2D eigenvalue weighted by Gasteiger charge is 2.54. The Hall–Kier alpha value is -2.02. The van der Waals surface area contributed by atoms with Gasteiger partial charge in [0.1, 0.15) is 0 Å². The summed E-state index contributed by atoms with van der Waals surface area (Å²) in [5.74, 6) is 2.57. The number of aliphatic imine (C=N–C) groups is 1. The number of hydrogen-bond acceptors (Lipinski definition) is 6. The third-order valence-electron chi connectivity index (χ3n) is 10.1. The monoisotopic (exact) mass is 623 g/mol. The second kappa shape index (κ2) is 15.3. The van der Waals surface area contributed by atoms with Crippen molar-refractivity contribution in [2.24, 2.45) is 16.8 Å². The molecule has 0 spiro atoms. The normalized spacial score (nSPS) is 27.0. The molecule has 5 nitrogen and oxygen atoms in total. The first-order valence-corrected chi connectivity index (χ1v) is 18.0. The van der Waals surface area contributed by atoms with Crippen molar-refractivity contribution in [3.05, 3.63) is 70.7 Å². The maximum atomic E-state index is 13.9. The Kier molecular flexibility index (Phi) is 11.5. The van der Waals surface area contributed by atoms with Crippen LogP contribution in [0.15, 0.2) is 59.6 Å². The van der Waals surface area contributed by atoms with E-state index in [4.69, 9.17) is 21.3 Å². The highest BCUT2D eigenvalue weighted by molar-refractivity contribution is 7.98. The van der Waals surface area contributed by atoms with Gasteiger partial charge in [0.25, 0.3) is 0 Å². The number of rotatable bonds is 12. The van der Waals surface area contributed by atoms with Crippen LogP contribution < -0.4 is 0 Å². The molecule has 0 bridgehead atoms. The Bertz CT molecular complexity index is 1180. The number of esters is 1. The Balaban J connectivity index is 1.33. The van der Waals surface area contributed by atoms with Crippen LogP contribution in [0.4, 0.5) is 0 Å². The highest BCUT2D eigenvalue weighted by Crippen LogP contribution is 2.45.